The first kappa shape index (κ1) is 13.3. The molecule has 0 saturated heterocycles. The van der Waals surface area contributed by atoms with Gasteiger partial charge in [-0.25, -0.2) is 4.98 Å². The second-order valence-electron chi connectivity index (χ2n) is 5.14. The van der Waals surface area contributed by atoms with E-state index in [4.69, 9.17) is 5.73 Å². The summed E-state index contributed by atoms with van der Waals surface area (Å²) < 4.78 is 1.92. The number of benzene rings is 1. The van der Waals surface area contributed by atoms with E-state index in [1.54, 1.807) is 11.3 Å². The molecule has 4 nitrogen and oxygen atoms in total. The van der Waals surface area contributed by atoms with Crippen LogP contribution in [0.4, 0.5) is 0 Å². The minimum Gasteiger partial charge on any atom is -0.327 e. The zero-order chi connectivity index (χ0) is 14.1. The molecule has 3 aromatic rings. The van der Waals surface area contributed by atoms with Gasteiger partial charge in [-0.2, -0.15) is 5.10 Å². The molecular weight excluding hydrogens is 268 g/mol. The predicted octanol–water partition coefficient (Wildman–Crippen LogP) is 2.45. The third-order valence-corrected chi connectivity index (χ3v) is 4.38. The minimum atomic E-state index is 0.0545. The Labute approximate surface area is 122 Å². The van der Waals surface area contributed by atoms with Crippen LogP contribution in [-0.2, 0) is 19.9 Å². The average Bonchev–Trinajstić information content (AvgIpc) is 2.95. The fraction of sp³-hybridized carbons (Fsp3) is 0.333. The van der Waals surface area contributed by atoms with Crippen molar-refractivity contribution in [3.8, 4) is 0 Å². The second-order valence-corrected chi connectivity index (χ2v) is 6.08. The highest BCUT2D eigenvalue weighted by Gasteiger charge is 2.13. The second kappa shape index (κ2) is 5.34. The molecule has 0 radical (unpaired) electrons. The van der Waals surface area contributed by atoms with Gasteiger partial charge in [0, 0.05) is 42.4 Å². The van der Waals surface area contributed by atoms with Crippen LogP contribution < -0.4 is 5.73 Å². The van der Waals surface area contributed by atoms with Gasteiger partial charge in [0.1, 0.15) is 0 Å². The number of rotatable bonds is 4. The molecule has 0 aliphatic rings. The van der Waals surface area contributed by atoms with Crippen LogP contribution in [0.2, 0.25) is 0 Å². The van der Waals surface area contributed by atoms with E-state index < -0.39 is 0 Å². The maximum absolute atomic E-state index is 6.26. The molecule has 0 fully saturated rings. The van der Waals surface area contributed by atoms with Crippen LogP contribution in [0.1, 0.15) is 16.4 Å². The lowest BCUT2D eigenvalue weighted by Crippen LogP contribution is -2.25. The highest BCUT2D eigenvalue weighted by molar-refractivity contribution is 7.09. The number of nitrogens with two attached hydrogens (primary N) is 1. The van der Waals surface area contributed by atoms with Gasteiger partial charge in [0.25, 0.3) is 0 Å². The summed E-state index contributed by atoms with van der Waals surface area (Å²) in [5.41, 5.74) is 9.56. The Balaban J connectivity index is 1.79. The van der Waals surface area contributed by atoms with Gasteiger partial charge >= 0.3 is 0 Å². The Bertz CT molecular complexity index is 728. The SMILES string of the molecule is Cc1csc(CC(N)Cc2nn(C)c3ccccc23)n1. The molecule has 0 saturated carbocycles. The third kappa shape index (κ3) is 2.59. The summed E-state index contributed by atoms with van der Waals surface area (Å²) in [6.07, 6.45) is 1.59. The third-order valence-electron chi connectivity index (χ3n) is 3.39. The maximum atomic E-state index is 6.26. The summed E-state index contributed by atoms with van der Waals surface area (Å²) in [6.45, 7) is 2.01. The van der Waals surface area contributed by atoms with E-state index in [0.717, 1.165) is 34.8 Å². The lowest BCUT2D eigenvalue weighted by Gasteiger charge is -2.07. The molecule has 0 aliphatic carbocycles. The van der Waals surface area contributed by atoms with Crippen molar-refractivity contribution in [2.75, 3.05) is 0 Å². The summed E-state index contributed by atoms with van der Waals surface area (Å²) in [5, 5.41) is 8.97. The highest BCUT2D eigenvalue weighted by Crippen LogP contribution is 2.19. The van der Waals surface area contributed by atoms with Crippen molar-refractivity contribution in [3.63, 3.8) is 0 Å². The highest BCUT2D eigenvalue weighted by atomic mass is 32.1. The quantitative estimate of drug-likeness (QED) is 0.801. The summed E-state index contributed by atoms with van der Waals surface area (Å²) in [5.74, 6) is 0. The van der Waals surface area contributed by atoms with Gasteiger partial charge in [-0.15, -0.1) is 11.3 Å². The number of para-hydroxylation sites is 1. The lowest BCUT2D eigenvalue weighted by molar-refractivity contribution is 0.640. The molecule has 3 rings (SSSR count). The number of hydrogen-bond donors (Lipinski definition) is 1. The normalized spacial score (nSPS) is 12.9. The fourth-order valence-electron chi connectivity index (χ4n) is 2.48. The number of thiazole rings is 1. The molecule has 0 bridgehead atoms. The molecule has 20 heavy (non-hydrogen) atoms. The van der Waals surface area contributed by atoms with Crippen LogP contribution in [0, 0.1) is 6.92 Å². The Morgan fingerprint density at radius 2 is 2.10 bits per heavy atom. The van der Waals surface area contributed by atoms with Gasteiger partial charge in [0.2, 0.25) is 0 Å². The number of aryl methyl sites for hydroxylation is 2. The van der Waals surface area contributed by atoms with E-state index in [1.165, 1.54) is 5.39 Å². The molecule has 0 spiro atoms. The van der Waals surface area contributed by atoms with E-state index in [2.05, 4.69) is 27.6 Å². The van der Waals surface area contributed by atoms with Gasteiger partial charge in [0.15, 0.2) is 0 Å². The van der Waals surface area contributed by atoms with Gasteiger partial charge < -0.3 is 5.73 Å². The van der Waals surface area contributed by atoms with Gasteiger partial charge in [-0.3, -0.25) is 4.68 Å². The predicted molar refractivity (Wildman–Crippen MR) is 82.9 cm³/mol. The molecule has 1 unspecified atom stereocenters. The zero-order valence-electron chi connectivity index (χ0n) is 11.7. The molecule has 104 valence electrons. The molecule has 1 aromatic carbocycles. The maximum Gasteiger partial charge on any atom is 0.0943 e. The van der Waals surface area contributed by atoms with Crippen LogP contribution in [0.3, 0.4) is 0 Å². The van der Waals surface area contributed by atoms with Crippen molar-refractivity contribution in [1.29, 1.82) is 0 Å². The van der Waals surface area contributed by atoms with Crippen LogP contribution in [0.25, 0.3) is 10.9 Å². The van der Waals surface area contributed by atoms with Crippen LogP contribution >= 0.6 is 11.3 Å². The topological polar surface area (TPSA) is 56.7 Å². The van der Waals surface area contributed by atoms with Gasteiger partial charge in [-0.05, 0) is 13.0 Å². The van der Waals surface area contributed by atoms with Crippen molar-refractivity contribution in [1.82, 2.24) is 14.8 Å². The zero-order valence-corrected chi connectivity index (χ0v) is 12.5. The van der Waals surface area contributed by atoms with E-state index in [0.29, 0.717) is 0 Å². The van der Waals surface area contributed by atoms with Gasteiger partial charge in [-0.1, -0.05) is 18.2 Å². The smallest absolute Gasteiger partial charge is 0.0943 e. The first-order valence-electron chi connectivity index (χ1n) is 6.70. The largest absolute Gasteiger partial charge is 0.327 e. The Morgan fingerprint density at radius 1 is 1.30 bits per heavy atom. The molecule has 1 atom stereocenters. The van der Waals surface area contributed by atoms with Crippen molar-refractivity contribution >= 4 is 22.2 Å². The average molecular weight is 286 g/mol. The summed E-state index contributed by atoms with van der Waals surface area (Å²) >= 11 is 1.68. The Morgan fingerprint density at radius 3 is 2.85 bits per heavy atom. The van der Waals surface area contributed by atoms with Crippen molar-refractivity contribution < 1.29 is 0 Å². The standard InChI is InChI=1S/C15H18N4S/c1-10-9-20-15(17-10)8-11(16)7-13-12-5-3-4-6-14(12)19(2)18-13/h3-6,9,11H,7-8,16H2,1-2H3. The molecule has 5 heteroatoms. The van der Waals surface area contributed by atoms with E-state index >= 15 is 0 Å². The Hall–Kier alpha value is -1.72. The molecule has 0 amide bonds. The Kier molecular flexibility index (Phi) is 3.54. The number of aromatic nitrogens is 3. The van der Waals surface area contributed by atoms with E-state index in [9.17, 15) is 0 Å². The van der Waals surface area contributed by atoms with E-state index in [1.807, 2.05) is 30.8 Å². The summed E-state index contributed by atoms with van der Waals surface area (Å²) in [6, 6.07) is 8.33. The lowest BCUT2D eigenvalue weighted by atomic mass is 10.1. The molecular formula is C15H18N4S. The first-order valence-corrected chi connectivity index (χ1v) is 7.58. The van der Waals surface area contributed by atoms with Gasteiger partial charge in [0.05, 0.1) is 16.2 Å². The van der Waals surface area contributed by atoms with Crippen molar-refractivity contribution in [2.24, 2.45) is 12.8 Å². The summed E-state index contributed by atoms with van der Waals surface area (Å²) in [7, 11) is 1.97. The number of hydrogen-bond acceptors (Lipinski definition) is 4. The van der Waals surface area contributed by atoms with E-state index in [-0.39, 0.29) is 6.04 Å². The minimum absolute atomic E-state index is 0.0545. The fourth-order valence-corrected chi connectivity index (χ4v) is 3.35. The summed E-state index contributed by atoms with van der Waals surface area (Å²) in [4.78, 5) is 4.47. The molecule has 2 heterocycles. The number of fused-ring (bicyclic) bond motifs is 1. The van der Waals surface area contributed by atoms with Crippen molar-refractivity contribution in [2.45, 2.75) is 25.8 Å². The van der Waals surface area contributed by atoms with Crippen LogP contribution in [0.15, 0.2) is 29.6 Å². The number of nitrogens with zero attached hydrogens (tertiary/aromatic N) is 3. The van der Waals surface area contributed by atoms with Crippen LogP contribution in [0.5, 0.6) is 0 Å². The van der Waals surface area contributed by atoms with Crippen LogP contribution in [-0.4, -0.2) is 20.8 Å². The molecule has 2 N–H and O–H groups in total. The first-order chi connectivity index (χ1) is 9.63. The monoisotopic (exact) mass is 286 g/mol. The van der Waals surface area contributed by atoms with Crippen molar-refractivity contribution in [3.05, 3.63) is 46.0 Å². The molecule has 0 aliphatic heterocycles. The molecule has 2 aromatic heterocycles.